The largest absolute Gasteiger partial charge is 0.480 e. The molecule has 0 aromatic heterocycles. The molecule has 0 saturated heterocycles. The summed E-state index contributed by atoms with van der Waals surface area (Å²) in [5.41, 5.74) is 0. The van der Waals surface area contributed by atoms with Crippen LogP contribution in [0.3, 0.4) is 0 Å². The summed E-state index contributed by atoms with van der Waals surface area (Å²) in [5, 5.41) is 11.1. The molecular formula is C11H12FNO3S. The van der Waals surface area contributed by atoms with Crippen LogP contribution in [0.1, 0.15) is 6.92 Å². The fourth-order valence-corrected chi connectivity index (χ4v) is 2.11. The molecule has 0 aliphatic rings. The lowest BCUT2D eigenvalue weighted by molar-refractivity contribution is -0.140. The Bertz CT molecular complexity index is 425. The first-order valence-corrected chi connectivity index (χ1v) is 5.86. The summed E-state index contributed by atoms with van der Waals surface area (Å²) in [6.07, 6.45) is 0. The molecule has 1 aromatic carbocycles. The molecule has 0 aliphatic heterocycles. The van der Waals surface area contributed by atoms with Crippen LogP contribution in [-0.4, -0.2) is 28.8 Å². The molecule has 0 saturated carbocycles. The average molecular weight is 257 g/mol. The van der Waals surface area contributed by atoms with E-state index in [1.54, 1.807) is 18.2 Å². The number of halogens is 1. The van der Waals surface area contributed by atoms with Gasteiger partial charge in [0.25, 0.3) is 0 Å². The first kappa shape index (κ1) is 13.5. The van der Waals surface area contributed by atoms with E-state index in [0.717, 1.165) is 11.8 Å². The molecule has 17 heavy (non-hydrogen) atoms. The Morgan fingerprint density at radius 1 is 1.47 bits per heavy atom. The number of benzene rings is 1. The Morgan fingerprint density at radius 2 is 2.12 bits per heavy atom. The maximum Gasteiger partial charge on any atom is 0.327 e. The number of aliphatic carboxylic acids is 1. The molecule has 2 N–H and O–H groups in total. The zero-order valence-corrected chi connectivity index (χ0v) is 9.96. The van der Waals surface area contributed by atoms with E-state index in [1.807, 2.05) is 0 Å². The highest BCUT2D eigenvalue weighted by molar-refractivity contribution is 7.99. The maximum atomic E-state index is 13.2. The topological polar surface area (TPSA) is 66.4 Å². The van der Waals surface area contributed by atoms with Crippen molar-refractivity contribution >= 4 is 23.6 Å². The minimum absolute atomic E-state index is 0.0792. The van der Waals surface area contributed by atoms with Gasteiger partial charge in [0.05, 0.1) is 0 Å². The molecule has 6 heteroatoms. The van der Waals surface area contributed by atoms with Crippen LogP contribution in [0, 0.1) is 5.82 Å². The predicted octanol–water partition coefficient (Wildman–Crippen LogP) is 1.51. The average Bonchev–Trinajstić information content (AvgIpc) is 2.25. The molecule has 1 aromatic rings. The summed E-state index contributed by atoms with van der Waals surface area (Å²) < 4.78 is 13.2. The molecular weight excluding hydrogens is 245 g/mol. The fraction of sp³-hybridized carbons (Fsp3) is 0.273. The third kappa shape index (κ3) is 4.44. The molecule has 92 valence electrons. The minimum Gasteiger partial charge on any atom is -0.480 e. The predicted molar refractivity (Wildman–Crippen MR) is 62.4 cm³/mol. The molecule has 4 nitrogen and oxygen atoms in total. The minimum atomic E-state index is -1.14. The lowest BCUT2D eigenvalue weighted by Crippen LogP contribution is -2.41. The molecule has 1 unspecified atom stereocenters. The Balaban J connectivity index is 2.61. The molecule has 0 spiro atoms. The van der Waals surface area contributed by atoms with Crippen molar-refractivity contribution in [2.45, 2.75) is 17.9 Å². The molecule has 0 radical (unpaired) electrons. The SMILES string of the molecule is CC(=O)NC(CSc1ccccc1F)C(=O)O. The van der Waals surface area contributed by atoms with E-state index in [9.17, 15) is 14.0 Å². The molecule has 0 heterocycles. The number of hydrogen-bond donors (Lipinski definition) is 2. The van der Waals surface area contributed by atoms with Gasteiger partial charge >= 0.3 is 5.97 Å². The van der Waals surface area contributed by atoms with Crippen LogP contribution >= 0.6 is 11.8 Å². The Labute approximate surface area is 102 Å². The van der Waals surface area contributed by atoms with Gasteiger partial charge in [-0.1, -0.05) is 12.1 Å². The Hall–Kier alpha value is -1.56. The number of carbonyl (C=O) groups excluding carboxylic acids is 1. The first-order valence-electron chi connectivity index (χ1n) is 4.88. The van der Waals surface area contributed by atoms with Gasteiger partial charge in [-0.05, 0) is 12.1 Å². The van der Waals surface area contributed by atoms with Crippen molar-refractivity contribution in [2.75, 3.05) is 5.75 Å². The van der Waals surface area contributed by atoms with Crippen molar-refractivity contribution in [2.24, 2.45) is 0 Å². The van der Waals surface area contributed by atoms with Gasteiger partial charge in [0.2, 0.25) is 5.91 Å². The van der Waals surface area contributed by atoms with Gasteiger partial charge < -0.3 is 10.4 Å². The van der Waals surface area contributed by atoms with Gasteiger partial charge in [-0.3, -0.25) is 4.79 Å². The quantitative estimate of drug-likeness (QED) is 0.785. The van der Waals surface area contributed by atoms with E-state index < -0.39 is 23.7 Å². The molecule has 0 bridgehead atoms. The molecule has 0 aliphatic carbocycles. The van der Waals surface area contributed by atoms with Crippen molar-refractivity contribution in [1.29, 1.82) is 0 Å². The van der Waals surface area contributed by atoms with E-state index in [0.29, 0.717) is 4.90 Å². The van der Waals surface area contributed by atoms with E-state index in [4.69, 9.17) is 5.11 Å². The van der Waals surface area contributed by atoms with Crippen LogP contribution < -0.4 is 5.32 Å². The van der Waals surface area contributed by atoms with Crippen LogP contribution in [0.5, 0.6) is 0 Å². The van der Waals surface area contributed by atoms with Crippen LogP contribution in [-0.2, 0) is 9.59 Å². The Morgan fingerprint density at radius 3 is 2.65 bits per heavy atom. The number of carboxylic acid groups (broad SMARTS) is 1. The van der Waals surface area contributed by atoms with Crippen molar-refractivity contribution in [1.82, 2.24) is 5.32 Å². The van der Waals surface area contributed by atoms with Gasteiger partial charge in [-0.25, -0.2) is 9.18 Å². The van der Waals surface area contributed by atoms with Crippen molar-refractivity contribution in [3.63, 3.8) is 0 Å². The number of carbonyl (C=O) groups is 2. The van der Waals surface area contributed by atoms with E-state index in [2.05, 4.69) is 5.32 Å². The van der Waals surface area contributed by atoms with Gasteiger partial charge in [0.1, 0.15) is 11.9 Å². The monoisotopic (exact) mass is 257 g/mol. The van der Waals surface area contributed by atoms with Crippen molar-refractivity contribution in [3.05, 3.63) is 30.1 Å². The highest BCUT2D eigenvalue weighted by Gasteiger charge is 2.19. The normalized spacial score (nSPS) is 11.9. The van der Waals surface area contributed by atoms with Crippen molar-refractivity contribution in [3.8, 4) is 0 Å². The summed E-state index contributed by atoms with van der Waals surface area (Å²) in [7, 11) is 0. The number of hydrogen-bond acceptors (Lipinski definition) is 3. The maximum absolute atomic E-state index is 13.2. The first-order chi connectivity index (χ1) is 8.00. The van der Waals surface area contributed by atoms with Gasteiger partial charge in [-0.2, -0.15) is 0 Å². The van der Waals surface area contributed by atoms with Crippen LogP contribution in [0.2, 0.25) is 0 Å². The third-order valence-electron chi connectivity index (χ3n) is 1.92. The smallest absolute Gasteiger partial charge is 0.327 e. The van der Waals surface area contributed by atoms with E-state index in [-0.39, 0.29) is 5.75 Å². The summed E-state index contributed by atoms with van der Waals surface area (Å²) in [4.78, 5) is 22.0. The lowest BCUT2D eigenvalue weighted by atomic mass is 10.3. The van der Waals surface area contributed by atoms with Gasteiger partial charge in [-0.15, -0.1) is 11.8 Å². The van der Waals surface area contributed by atoms with Crippen LogP contribution in [0.4, 0.5) is 4.39 Å². The van der Waals surface area contributed by atoms with Crippen molar-refractivity contribution < 1.29 is 19.1 Å². The second kappa shape index (κ2) is 6.24. The zero-order valence-electron chi connectivity index (χ0n) is 9.14. The summed E-state index contributed by atoms with van der Waals surface area (Å²) in [5.74, 6) is -1.88. The highest BCUT2D eigenvalue weighted by atomic mass is 32.2. The zero-order chi connectivity index (χ0) is 12.8. The number of amides is 1. The summed E-state index contributed by atoms with van der Waals surface area (Å²) in [6, 6.07) is 5.07. The van der Waals surface area contributed by atoms with E-state index >= 15 is 0 Å². The summed E-state index contributed by atoms with van der Waals surface area (Å²) >= 11 is 1.05. The standard InChI is InChI=1S/C11H12FNO3S/c1-7(14)13-9(11(15)16)6-17-10-5-3-2-4-8(10)12/h2-5,9H,6H2,1H3,(H,13,14)(H,15,16). The third-order valence-corrected chi connectivity index (χ3v) is 3.06. The molecule has 1 amide bonds. The fourth-order valence-electron chi connectivity index (χ4n) is 1.15. The molecule has 0 fully saturated rings. The summed E-state index contributed by atoms with van der Waals surface area (Å²) in [6.45, 7) is 1.24. The highest BCUT2D eigenvalue weighted by Crippen LogP contribution is 2.21. The lowest BCUT2D eigenvalue weighted by Gasteiger charge is -2.12. The Kier molecular flexibility index (Phi) is 4.96. The second-order valence-corrected chi connectivity index (χ2v) is 4.39. The van der Waals surface area contributed by atoms with Gasteiger partial charge in [0.15, 0.2) is 0 Å². The molecule has 1 atom stereocenters. The number of rotatable bonds is 5. The van der Waals surface area contributed by atoms with Crippen LogP contribution in [0.25, 0.3) is 0 Å². The van der Waals surface area contributed by atoms with E-state index in [1.165, 1.54) is 13.0 Å². The number of nitrogens with one attached hydrogen (secondary N) is 1. The second-order valence-electron chi connectivity index (χ2n) is 3.33. The van der Waals surface area contributed by atoms with Gasteiger partial charge in [0, 0.05) is 17.6 Å². The molecule has 1 rings (SSSR count). The van der Waals surface area contributed by atoms with Crippen LogP contribution in [0.15, 0.2) is 29.2 Å². The number of carboxylic acids is 1. The number of thioether (sulfide) groups is 1.